The molecule has 0 bridgehead atoms. The molecule has 0 aliphatic heterocycles. The molecule has 1 aromatic heterocycles. The van der Waals surface area contributed by atoms with E-state index in [1.165, 1.54) is 0 Å². The van der Waals surface area contributed by atoms with E-state index < -0.39 is 0 Å². The molecule has 124 valence electrons. The van der Waals surface area contributed by atoms with Crippen molar-refractivity contribution in [2.24, 2.45) is 5.92 Å². The summed E-state index contributed by atoms with van der Waals surface area (Å²) in [7, 11) is 0. The minimum Gasteiger partial charge on any atom is -0.334 e. The number of H-pyrrole nitrogens is 1. The molecule has 0 spiro atoms. The molecule has 23 heavy (non-hydrogen) atoms. The molecule has 2 rings (SSSR count). The average molecular weight is 314 g/mol. The molecule has 0 saturated carbocycles. The van der Waals surface area contributed by atoms with Crippen LogP contribution >= 0.6 is 0 Å². The van der Waals surface area contributed by atoms with Gasteiger partial charge in [-0.1, -0.05) is 51.1 Å². The van der Waals surface area contributed by atoms with Crippen LogP contribution in [0.2, 0.25) is 0 Å². The third-order valence-electron chi connectivity index (χ3n) is 3.47. The molecule has 1 heterocycles. The minimum atomic E-state index is -0.103. The lowest BCUT2D eigenvalue weighted by Crippen LogP contribution is -2.42. The molecule has 2 amide bonds. The highest BCUT2D eigenvalue weighted by atomic mass is 16.2. The number of nitrogens with one attached hydrogen (secondary N) is 2. The Kier molecular flexibility index (Phi) is 6.20. The highest BCUT2D eigenvalue weighted by Gasteiger charge is 2.18. The van der Waals surface area contributed by atoms with Gasteiger partial charge < -0.3 is 10.3 Å². The van der Waals surface area contributed by atoms with Crippen LogP contribution in [-0.4, -0.2) is 22.5 Å². The molecular weight excluding hydrogens is 288 g/mol. The van der Waals surface area contributed by atoms with E-state index in [2.05, 4.69) is 36.1 Å². The van der Waals surface area contributed by atoms with E-state index in [1.54, 1.807) is 11.1 Å². The second-order valence-electron chi connectivity index (χ2n) is 6.11. The standard InChI is InChI=1S/C18H26N4O/c1-4-8-16-19-12-17(21-16)22(13-14(2)3)18(23)20-11-15-9-6-5-7-10-15/h5-7,9-10,12,14H,4,8,11,13H2,1-3H3,(H,19,21)(H,20,23). The molecule has 2 aromatic rings. The van der Waals surface area contributed by atoms with Gasteiger partial charge in [0.1, 0.15) is 11.6 Å². The van der Waals surface area contributed by atoms with Crippen LogP contribution in [0.4, 0.5) is 10.6 Å². The Morgan fingerprint density at radius 3 is 2.70 bits per heavy atom. The first-order valence-corrected chi connectivity index (χ1v) is 8.23. The number of amides is 2. The first-order valence-electron chi connectivity index (χ1n) is 8.23. The molecule has 5 heteroatoms. The monoisotopic (exact) mass is 314 g/mol. The molecule has 0 unspecified atom stereocenters. The molecule has 1 aromatic carbocycles. The van der Waals surface area contributed by atoms with Crippen LogP contribution in [0.15, 0.2) is 36.5 Å². The summed E-state index contributed by atoms with van der Waals surface area (Å²) in [6, 6.07) is 9.81. The van der Waals surface area contributed by atoms with Crippen molar-refractivity contribution in [2.45, 2.75) is 40.2 Å². The number of benzene rings is 1. The quantitative estimate of drug-likeness (QED) is 0.818. The van der Waals surface area contributed by atoms with Gasteiger partial charge in [0.05, 0.1) is 6.20 Å². The number of aromatic nitrogens is 2. The van der Waals surface area contributed by atoms with Gasteiger partial charge in [-0.2, -0.15) is 0 Å². The predicted molar refractivity (Wildman–Crippen MR) is 93.4 cm³/mol. The van der Waals surface area contributed by atoms with Gasteiger partial charge in [-0.3, -0.25) is 4.90 Å². The second kappa shape index (κ2) is 8.36. The van der Waals surface area contributed by atoms with Crippen molar-refractivity contribution in [1.82, 2.24) is 15.3 Å². The Labute approximate surface area is 138 Å². The van der Waals surface area contributed by atoms with E-state index in [4.69, 9.17) is 0 Å². The van der Waals surface area contributed by atoms with Crippen molar-refractivity contribution >= 4 is 11.8 Å². The highest BCUT2D eigenvalue weighted by Crippen LogP contribution is 2.14. The lowest BCUT2D eigenvalue weighted by Gasteiger charge is -2.23. The first-order chi connectivity index (χ1) is 11.1. The maximum absolute atomic E-state index is 12.6. The van der Waals surface area contributed by atoms with Crippen LogP contribution in [-0.2, 0) is 13.0 Å². The molecule has 0 fully saturated rings. The van der Waals surface area contributed by atoms with E-state index >= 15 is 0 Å². The fourth-order valence-corrected chi connectivity index (χ4v) is 2.38. The number of urea groups is 1. The summed E-state index contributed by atoms with van der Waals surface area (Å²) >= 11 is 0. The number of carbonyl (C=O) groups is 1. The molecule has 0 aliphatic carbocycles. The zero-order valence-electron chi connectivity index (χ0n) is 14.2. The van der Waals surface area contributed by atoms with Crippen molar-refractivity contribution in [1.29, 1.82) is 0 Å². The van der Waals surface area contributed by atoms with Crippen molar-refractivity contribution in [3.05, 3.63) is 47.9 Å². The van der Waals surface area contributed by atoms with Gasteiger partial charge in [-0.25, -0.2) is 9.78 Å². The summed E-state index contributed by atoms with van der Waals surface area (Å²) in [4.78, 5) is 21.9. The maximum atomic E-state index is 12.6. The number of nitrogens with zero attached hydrogens (tertiary/aromatic N) is 2. The van der Waals surface area contributed by atoms with Gasteiger partial charge in [-0.05, 0) is 17.9 Å². The van der Waals surface area contributed by atoms with Crippen LogP contribution in [0.1, 0.15) is 38.6 Å². The van der Waals surface area contributed by atoms with Gasteiger partial charge in [0.15, 0.2) is 0 Å². The van der Waals surface area contributed by atoms with Crippen LogP contribution in [0.3, 0.4) is 0 Å². The number of hydrogen-bond donors (Lipinski definition) is 2. The summed E-state index contributed by atoms with van der Waals surface area (Å²) in [5.41, 5.74) is 1.08. The number of hydrogen-bond acceptors (Lipinski definition) is 2. The summed E-state index contributed by atoms with van der Waals surface area (Å²) in [6.45, 7) is 7.47. The van der Waals surface area contributed by atoms with Crippen LogP contribution in [0, 0.1) is 5.92 Å². The molecule has 0 saturated heterocycles. The zero-order valence-corrected chi connectivity index (χ0v) is 14.2. The van der Waals surface area contributed by atoms with E-state index in [9.17, 15) is 4.79 Å². The van der Waals surface area contributed by atoms with Crippen molar-refractivity contribution < 1.29 is 4.79 Å². The lowest BCUT2D eigenvalue weighted by molar-refractivity contribution is 0.245. The minimum absolute atomic E-state index is 0.103. The lowest BCUT2D eigenvalue weighted by atomic mass is 10.2. The fourth-order valence-electron chi connectivity index (χ4n) is 2.38. The molecule has 0 atom stereocenters. The third-order valence-corrected chi connectivity index (χ3v) is 3.47. The van der Waals surface area contributed by atoms with Gasteiger partial charge in [-0.15, -0.1) is 0 Å². The average Bonchev–Trinajstić information content (AvgIpc) is 3.00. The van der Waals surface area contributed by atoms with Gasteiger partial charge in [0, 0.05) is 19.5 Å². The SMILES string of the molecule is CCCc1ncc(N(CC(C)C)C(=O)NCc2ccccc2)[nH]1. The number of aromatic amines is 1. The topological polar surface area (TPSA) is 61.0 Å². The molecular formula is C18H26N4O. The first kappa shape index (κ1) is 17.1. The van der Waals surface area contributed by atoms with Crippen LogP contribution < -0.4 is 10.2 Å². The van der Waals surface area contributed by atoms with Gasteiger partial charge in [0.25, 0.3) is 0 Å². The summed E-state index contributed by atoms with van der Waals surface area (Å²) in [5, 5.41) is 2.98. The van der Waals surface area contributed by atoms with E-state index in [0.29, 0.717) is 19.0 Å². The van der Waals surface area contributed by atoms with Crippen molar-refractivity contribution in [3.8, 4) is 0 Å². The number of rotatable bonds is 7. The normalized spacial score (nSPS) is 10.8. The Morgan fingerprint density at radius 2 is 2.04 bits per heavy atom. The van der Waals surface area contributed by atoms with Gasteiger partial charge in [0.2, 0.25) is 0 Å². The Balaban J connectivity index is 2.05. The third kappa shape index (κ3) is 5.13. The van der Waals surface area contributed by atoms with Crippen LogP contribution in [0.25, 0.3) is 0 Å². The number of anilines is 1. The largest absolute Gasteiger partial charge is 0.334 e. The summed E-state index contributed by atoms with van der Waals surface area (Å²) < 4.78 is 0. The molecule has 0 aliphatic rings. The van der Waals surface area contributed by atoms with Gasteiger partial charge >= 0.3 is 6.03 Å². The fraction of sp³-hybridized carbons (Fsp3) is 0.444. The van der Waals surface area contributed by atoms with E-state index in [-0.39, 0.29) is 6.03 Å². The zero-order chi connectivity index (χ0) is 16.7. The summed E-state index contributed by atoms with van der Waals surface area (Å²) in [6.07, 6.45) is 3.66. The summed E-state index contributed by atoms with van der Waals surface area (Å²) in [5.74, 6) is 2.05. The number of aryl methyl sites for hydroxylation is 1. The Hall–Kier alpha value is -2.30. The molecule has 5 nitrogen and oxygen atoms in total. The second-order valence-corrected chi connectivity index (χ2v) is 6.11. The maximum Gasteiger partial charge on any atom is 0.323 e. The Morgan fingerprint density at radius 1 is 1.30 bits per heavy atom. The van der Waals surface area contributed by atoms with E-state index in [1.807, 2.05) is 30.3 Å². The van der Waals surface area contributed by atoms with Crippen molar-refractivity contribution in [2.75, 3.05) is 11.4 Å². The smallest absolute Gasteiger partial charge is 0.323 e. The molecule has 2 N–H and O–H groups in total. The number of imidazole rings is 1. The van der Waals surface area contributed by atoms with Crippen LogP contribution in [0.5, 0.6) is 0 Å². The Bertz CT molecular complexity index is 606. The van der Waals surface area contributed by atoms with Crippen molar-refractivity contribution in [3.63, 3.8) is 0 Å². The number of carbonyl (C=O) groups excluding carboxylic acids is 1. The highest BCUT2D eigenvalue weighted by molar-refractivity contribution is 5.90. The predicted octanol–water partition coefficient (Wildman–Crippen LogP) is 3.73. The molecule has 0 radical (unpaired) electrons. The van der Waals surface area contributed by atoms with E-state index in [0.717, 1.165) is 30.0 Å².